The number of guanidine groups is 1. The number of aromatic nitrogens is 2. The molecule has 0 aromatic carbocycles. The van der Waals surface area contributed by atoms with Crippen LogP contribution < -0.4 is 5.73 Å². The Morgan fingerprint density at radius 2 is 2.22 bits per heavy atom. The van der Waals surface area contributed by atoms with E-state index in [1.807, 2.05) is 22.6 Å². The summed E-state index contributed by atoms with van der Waals surface area (Å²) in [4.78, 5) is 6.54. The summed E-state index contributed by atoms with van der Waals surface area (Å²) in [6.07, 6.45) is 3.71. The molecule has 2 N–H and O–H groups in total. The predicted octanol–water partition coefficient (Wildman–Crippen LogP) is 1.63. The molecule has 0 aliphatic carbocycles. The summed E-state index contributed by atoms with van der Waals surface area (Å²) < 4.78 is 2.84. The van der Waals surface area contributed by atoms with E-state index in [1.54, 1.807) is 6.20 Å². The second-order valence-corrected chi connectivity index (χ2v) is 5.90. The Bertz CT molecular complexity index is 391. The van der Waals surface area contributed by atoms with Gasteiger partial charge in [-0.2, -0.15) is 16.9 Å². The molecule has 0 amide bonds. The van der Waals surface area contributed by atoms with Gasteiger partial charge in [-0.15, -0.1) is 24.0 Å². The molecule has 0 bridgehead atoms. The molecule has 1 aromatic heterocycles. The van der Waals surface area contributed by atoms with E-state index in [0.29, 0.717) is 12.5 Å². The van der Waals surface area contributed by atoms with E-state index in [-0.39, 0.29) is 24.0 Å². The monoisotopic (exact) mass is 445 g/mol. The molecule has 2 rings (SSSR count). The average molecular weight is 446 g/mol. The number of rotatable bonds is 3. The largest absolute Gasteiger partial charge is 0.370 e. The Kier molecular flexibility index (Phi) is 7.38. The van der Waals surface area contributed by atoms with Crippen LogP contribution in [0.5, 0.6) is 0 Å². The zero-order valence-corrected chi connectivity index (χ0v) is 14.7. The summed E-state index contributed by atoms with van der Waals surface area (Å²) in [5.74, 6) is 2.95. The predicted molar refractivity (Wildman–Crippen MR) is 90.7 cm³/mol. The summed E-state index contributed by atoms with van der Waals surface area (Å²) in [6, 6.07) is 0. The maximum Gasteiger partial charge on any atom is 0.191 e. The Hall–Kier alpha value is 0.0400. The van der Waals surface area contributed by atoms with Gasteiger partial charge in [-0.1, -0.05) is 0 Å². The van der Waals surface area contributed by atoms with Gasteiger partial charge in [-0.25, -0.2) is 0 Å². The fourth-order valence-corrected chi connectivity index (χ4v) is 2.85. The van der Waals surface area contributed by atoms with Gasteiger partial charge in [-0.05, 0) is 15.9 Å². The Labute approximate surface area is 137 Å². The number of aliphatic imine (C=N–C) groups is 1. The molecular weight excluding hydrogens is 429 g/mol. The molecule has 18 heavy (non-hydrogen) atoms. The van der Waals surface area contributed by atoms with Crippen LogP contribution in [0.2, 0.25) is 0 Å². The molecule has 1 aliphatic heterocycles. The lowest BCUT2D eigenvalue weighted by atomic mass is 10.5. The Morgan fingerprint density at radius 3 is 2.83 bits per heavy atom. The molecule has 1 fully saturated rings. The minimum Gasteiger partial charge on any atom is -0.370 e. The highest BCUT2D eigenvalue weighted by Crippen LogP contribution is 2.08. The molecule has 5 nitrogen and oxygen atoms in total. The van der Waals surface area contributed by atoms with Gasteiger partial charge in [0.25, 0.3) is 0 Å². The quantitative estimate of drug-likeness (QED) is 0.436. The topological polar surface area (TPSA) is 59.4 Å². The van der Waals surface area contributed by atoms with Crippen molar-refractivity contribution in [2.45, 2.75) is 6.54 Å². The van der Waals surface area contributed by atoms with Crippen molar-refractivity contribution in [3.8, 4) is 0 Å². The smallest absolute Gasteiger partial charge is 0.191 e. The second-order valence-electron chi connectivity index (χ2n) is 3.76. The highest BCUT2D eigenvalue weighted by Gasteiger charge is 2.11. The van der Waals surface area contributed by atoms with Crippen LogP contribution in [-0.4, -0.2) is 51.8 Å². The van der Waals surface area contributed by atoms with Crippen molar-refractivity contribution in [3.63, 3.8) is 0 Å². The van der Waals surface area contributed by atoms with Crippen LogP contribution in [-0.2, 0) is 6.54 Å². The van der Waals surface area contributed by atoms with Crippen molar-refractivity contribution >= 4 is 57.6 Å². The van der Waals surface area contributed by atoms with Gasteiger partial charge in [0, 0.05) is 30.8 Å². The van der Waals surface area contributed by atoms with Crippen LogP contribution in [0.4, 0.5) is 0 Å². The fourth-order valence-electron chi connectivity index (χ4n) is 1.62. The van der Waals surface area contributed by atoms with Gasteiger partial charge in [0.1, 0.15) is 0 Å². The van der Waals surface area contributed by atoms with Gasteiger partial charge in [0.05, 0.1) is 23.8 Å². The minimum atomic E-state index is 0. The molecule has 0 saturated carbocycles. The van der Waals surface area contributed by atoms with Crippen molar-refractivity contribution in [2.24, 2.45) is 10.7 Å². The van der Waals surface area contributed by atoms with Gasteiger partial charge in [0.2, 0.25) is 0 Å². The van der Waals surface area contributed by atoms with E-state index in [9.17, 15) is 0 Å². The van der Waals surface area contributed by atoms with Crippen molar-refractivity contribution in [1.82, 2.24) is 14.7 Å². The van der Waals surface area contributed by atoms with Crippen LogP contribution in [0, 0.1) is 0 Å². The van der Waals surface area contributed by atoms with Crippen LogP contribution >= 0.6 is 51.7 Å². The molecule has 102 valence electrons. The van der Waals surface area contributed by atoms with Gasteiger partial charge >= 0.3 is 0 Å². The number of thioether (sulfide) groups is 1. The summed E-state index contributed by atoms with van der Waals surface area (Å²) in [7, 11) is 0. The first-order valence-electron chi connectivity index (χ1n) is 5.56. The minimum absolute atomic E-state index is 0. The second kappa shape index (κ2) is 8.26. The molecule has 1 aliphatic rings. The van der Waals surface area contributed by atoms with Gasteiger partial charge in [0.15, 0.2) is 5.96 Å². The van der Waals surface area contributed by atoms with Crippen molar-refractivity contribution < 1.29 is 0 Å². The maximum absolute atomic E-state index is 5.95. The third-order valence-electron chi connectivity index (χ3n) is 2.54. The maximum atomic E-state index is 5.95. The molecule has 0 atom stereocenters. The molecule has 8 heteroatoms. The third-order valence-corrected chi connectivity index (χ3v) is 3.89. The molecule has 2 heterocycles. The van der Waals surface area contributed by atoms with Crippen LogP contribution in [0.25, 0.3) is 0 Å². The third kappa shape index (κ3) is 4.96. The van der Waals surface area contributed by atoms with Crippen LogP contribution in [0.1, 0.15) is 0 Å². The van der Waals surface area contributed by atoms with E-state index >= 15 is 0 Å². The molecule has 0 spiro atoms. The standard InChI is InChI=1S/C10H16BrN5S.HI/c11-9-7-14-16(8-9)2-1-13-10(12)15-3-5-17-6-4-15;/h7-8H,1-6H2,(H2,12,13);1H. The average Bonchev–Trinajstić information content (AvgIpc) is 2.76. The summed E-state index contributed by atoms with van der Waals surface area (Å²) >= 11 is 5.33. The van der Waals surface area contributed by atoms with Crippen molar-refractivity contribution in [1.29, 1.82) is 0 Å². The number of nitrogens with zero attached hydrogens (tertiary/aromatic N) is 4. The first-order valence-corrected chi connectivity index (χ1v) is 7.51. The van der Waals surface area contributed by atoms with Crippen molar-refractivity contribution in [3.05, 3.63) is 16.9 Å². The Morgan fingerprint density at radius 1 is 1.50 bits per heavy atom. The SMILES string of the molecule is I.NC(=NCCn1cc(Br)cn1)N1CCSCC1. The highest BCUT2D eigenvalue weighted by atomic mass is 127. The lowest BCUT2D eigenvalue weighted by Crippen LogP contribution is -2.42. The van der Waals surface area contributed by atoms with E-state index < -0.39 is 0 Å². The van der Waals surface area contributed by atoms with Crippen LogP contribution in [0.15, 0.2) is 21.9 Å². The number of halogens is 2. The summed E-state index contributed by atoms with van der Waals surface area (Å²) in [5.41, 5.74) is 5.95. The first kappa shape index (κ1) is 16.1. The van der Waals surface area contributed by atoms with E-state index in [0.717, 1.165) is 35.6 Å². The molecule has 1 aromatic rings. The summed E-state index contributed by atoms with van der Waals surface area (Å²) in [5, 5.41) is 4.17. The van der Waals surface area contributed by atoms with Gasteiger partial charge < -0.3 is 10.6 Å². The number of nitrogens with two attached hydrogens (primary N) is 1. The normalized spacial score (nSPS) is 16.5. The summed E-state index contributed by atoms with van der Waals surface area (Å²) in [6.45, 7) is 3.44. The number of hydrogen-bond acceptors (Lipinski definition) is 3. The van der Waals surface area contributed by atoms with E-state index in [4.69, 9.17) is 5.73 Å². The Balaban J connectivity index is 0.00000162. The zero-order chi connectivity index (χ0) is 12.1. The highest BCUT2D eigenvalue weighted by molar-refractivity contribution is 14.0. The number of hydrogen-bond donors (Lipinski definition) is 1. The molecule has 1 saturated heterocycles. The zero-order valence-electron chi connectivity index (χ0n) is 9.96. The van der Waals surface area contributed by atoms with E-state index in [1.165, 1.54) is 0 Å². The van der Waals surface area contributed by atoms with Crippen LogP contribution in [0.3, 0.4) is 0 Å². The fraction of sp³-hybridized carbons (Fsp3) is 0.600. The molecular formula is C10H17BrIN5S. The lowest BCUT2D eigenvalue weighted by Gasteiger charge is -2.27. The first-order chi connectivity index (χ1) is 8.25. The van der Waals surface area contributed by atoms with E-state index in [2.05, 4.69) is 30.9 Å². The van der Waals surface area contributed by atoms with Gasteiger partial charge in [-0.3, -0.25) is 9.67 Å². The van der Waals surface area contributed by atoms with Crippen molar-refractivity contribution in [2.75, 3.05) is 31.1 Å². The lowest BCUT2D eigenvalue weighted by molar-refractivity contribution is 0.454. The molecule has 0 radical (unpaired) electrons. The molecule has 0 unspecified atom stereocenters.